The first-order valence-corrected chi connectivity index (χ1v) is 18.8. The van der Waals surface area contributed by atoms with E-state index in [9.17, 15) is 0 Å². The molecule has 8 aromatic rings. The molecule has 54 heavy (non-hydrogen) atoms. The van der Waals surface area contributed by atoms with Crippen LogP contribution in [-0.2, 0) is 0 Å². The number of oxazole rings is 1. The molecule has 0 fully saturated rings. The van der Waals surface area contributed by atoms with Crippen molar-refractivity contribution in [1.82, 2.24) is 39.9 Å². The number of benzene rings is 4. The highest BCUT2D eigenvalue weighted by Gasteiger charge is 2.13. The topological polar surface area (TPSA) is 140 Å². The van der Waals surface area contributed by atoms with Gasteiger partial charge in [0.1, 0.15) is 33.8 Å². The van der Waals surface area contributed by atoms with Crippen LogP contribution < -0.4 is 10.6 Å². The molecule has 2 N–H and O–H groups in total. The number of nitrogens with one attached hydrogen (secondary N) is 2. The number of aryl methyl sites for hydroxylation is 6. The Kier molecular flexibility index (Phi) is 13.1. The maximum absolute atomic E-state index is 5.90. The Morgan fingerprint density at radius 3 is 1.59 bits per heavy atom. The van der Waals surface area contributed by atoms with Crippen LogP contribution in [0.3, 0.4) is 0 Å². The molecule has 0 spiro atoms. The number of anilines is 4. The van der Waals surface area contributed by atoms with Crippen molar-refractivity contribution >= 4 is 55.9 Å². The van der Waals surface area contributed by atoms with Gasteiger partial charge in [-0.15, -0.1) is 11.3 Å². The first-order valence-electron chi connectivity index (χ1n) is 18.0. The molecule has 0 unspecified atom stereocenters. The lowest BCUT2D eigenvalue weighted by Crippen LogP contribution is -2.03. The third-order valence-corrected chi connectivity index (χ3v) is 8.81. The third kappa shape index (κ3) is 9.64. The first-order chi connectivity index (χ1) is 26.2. The number of thiazole rings is 1. The number of hydrogen-bond acceptors (Lipinski definition) is 12. The summed E-state index contributed by atoms with van der Waals surface area (Å²) in [5, 5.41) is 7.52. The van der Waals surface area contributed by atoms with Crippen LogP contribution in [0.1, 0.15) is 62.1 Å². The van der Waals surface area contributed by atoms with E-state index in [0.717, 1.165) is 55.3 Å². The van der Waals surface area contributed by atoms with Gasteiger partial charge in [-0.2, -0.15) is 19.9 Å². The highest BCUT2D eigenvalue weighted by molar-refractivity contribution is 7.21. The molecule has 12 heteroatoms. The van der Waals surface area contributed by atoms with E-state index < -0.39 is 0 Å². The predicted molar refractivity (Wildman–Crippen MR) is 222 cm³/mol. The zero-order chi connectivity index (χ0) is 38.8. The van der Waals surface area contributed by atoms with Crippen LogP contribution in [0.5, 0.6) is 0 Å². The minimum atomic E-state index is 0.525. The molecule has 4 heterocycles. The van der Waals surface area contributed by atoms with Gasteiger partial charge >= 0.3 is 0 Å². The lowest BCUT2D eigenvalue weighted by atomic mass is 10.1. The van der Waals surface area contributed by atoms with E-state index >= 15 is 0 Å². The van der Waals surface area contributed by atoms with Crippen molar-refractivity contribution in [2.75, 3.05) is 10.6 Å². The van der Waals surface area contributed by atoms with Gasteiger partial charge in [-0.1, -0.05) is 58.0 Å². The molecular weight excluding hydrogens is 693 g/mol. The lowest BCUT2D eigenvalue weighted by molar-refractivity contribution is 0.619. The SMILES string of the molecule is CC.CC.Cc1nc(C)nc(Nc2ccc(-c3nc4ccccc4s3)c(C)c2)n1.Cc1nc(C)nc(Nc2ccc(C)c(-c3nc4ccccc4o3)c2)n1. The van der Waals surface area contributed by atoms with Crippen LogP contribution in [0.4, 0.5) is 23.3 Å². The van der Waals surface area contributed by atoms with Gasteiger partial charge in [0, 0.05) is 22.5 Å². The molecule has 0 aliphatic carbocycles. The zero-order valence-electron chi connectivity index (χ0n) is 32.5. The van der Waals surface area contributed by atoms with E-state index in [1.165, 1.54) is 4.70 Å². The number of aromatic nitrogens is 8. The lowest BCUT2D eigenvalue weighted by Gasteiger charge is -2.09. The average Bonchev–Trinajstić information content (AvgIpc) is 3.78. The summed E-state index contributed by atoms with van der Waals surface area (Å²) >= 11 is 1.71. The van der Waals surface area contributed by atoms with Crippen molar-refractivity contribution in [3.63, 3.8) is 0 Å². The van der Waals surface area contributed by atoms with Gasteiger partial charge in [0.15, 0.2) is 5.58 Å². The largest absolute Gasteiger partial charge is 0.436 e. The van der Waals surface area contributed by atoms with Crippen LogP contribution in [0.2, 0.25) is 0 Å². The Bertz CT molecular complexity index is 2380. The Morgan fingerprint density at radius 1 is 0.481 bits per heavy atom. The summed E-state index contributed by atoms with van der Waals surface area (Å²) in [6.45, 7) is 19.5. The van der Waals surface area contributed by atoms with Gasteiger partial charge in [0.2, 0.25) is 17.8 Å². The highest BCUT2D eigenvalue weighted by Crippen LogP contribution is 2.33. The Hall–Kier alpha value is -6.14. The summed E-state index contributed by atoms with van der Waals surface area (Å²) in [7, 11) is 0. The molecule has 8 rings (SSSR count). The van der Waals surface area contributed by atoms with E-state index in [2.05, 4.69) is 70.6 Å². The van der Waals surface area contributed by atoms with E-state index in [4.69, 9.17) is 9.40 Å². The Morgan fingerprint density at radius 2 is 1.02 bits per heavy atom. The predicted octanol–water partition coefficient (Wildman–Crippen LogP) is 11.2. The molecule has 0 atom stereocenters. The third-order valence-electron chi connectivity index (χ3n) is 7.74. The second-order valence-electron chi connectivity index (χ2n) is 11.8. The summed E-state index contributed by atoms with van der Waals surface area (Å²) in [6.07, 6.45) is 0. The summed E-state index contributed by atoms with van der Waals surface area (Å²) in [4.78, 5) is 35.0. The highest BCUT2D eigenvalue weighted by atomic mass is 32.1. The van der Waals surface area contributed by atoms with Gasteiger partial charge in [-0.05, 0) is 107 Å². The van der Waals surface area contributed by atoms with Crippen molar-refractivity contribution in [2.24, 2.45) is 0 Å². The van der Waals surface area contributed by atoms with Gasteiger partial charge in [0.05, 0.1) is 10.2 Å². The fraction of sp³-hybridized carbons (Fsp3) is 0.238. The van der Waals surface area contributed by atoms with Gasteiger partial charge < -0.3 is 15.1 Å². The maximum Gasteiger partial charge on any atom is 0.230 e. The molecule has 0 saturated carbocycles. The normalized spacial score (nSPS) is 10.4. The van der Waals surface area contributed by atoms with Crippen LogP contribution in [-0.4, -0.2) is 39.9 Å². The minimum Gasteiger partial charge on any atom is -0.436 e. The number of nitrogens with zero attached hydrogens (tertiary/aromatic N) is 8. The monoisotopic (exact) mass is 738 g/mol. The quantitative estimate of drug-likeness (QED) is 0.168. The van der Waals surface area contributed by atoms with Crippen molar-refractivity contribution in [1.29, 1.82) is 0 Å². The Labute approximate surface area is 320 Å². The molecule has 276 valence electrons. The molecule has 0 radical (unpaired) electrons. The standard InChI is InChI=1S/C19H17N5O.C19H17N5S.2C2H6/c1-11-8-9-14(23-19-21-12(2)20-13(3)22-19)10-15(11)18-24-16-6-4-5-7-17(16)25-18;1-11-10-14(23-19-21-12(2)20-13(3)22-19)8-9-15(11)18-24-16-6-4-5-7-17(16)25-18;2*1-2/h2*4-10H,1-3H3,(H,20,21,22,23);2*1-2H3. The zero-order valence-corrected chi connectivity index (χ0v) is 33.3. The minimum absolute atomic E-state index is 0.525. The van der Waals surface area contributed by atoms with Gasteiger partial charge in [0.25, 0.3) is 0 Å². The smallest absolute Gasteiger partial charge is 0.230 e. The summed E-state index contributed by atoms with van der Waals surface area (Å²) in [6, 6.07) is 28.2. The molecule has 0 bridgehead atoms. The molecule has 0 aliphatic rings. The second-order valence-corrected chi connectivity index (χ2v) is 12.8. The van der Waals surface area contributed by atoms with Crippen LogP contribution in [0, 0.1) is 41.5 Å². The van der Waals surface area contributed by atoms with E-state index in [1.54, 1.807) is 11.3 Å². The summed E-state index contributed by atoms with van der Waals surface area (Å²) in [5.41, 5.74) is 8.81. The summed E-state index contributed by atoms with van der Waals surface area (Å²) < 4.78 is 7.10. The Balaban J connectivity index is 0.000000190. The van der Waals surface area contributed by atoms with Gasteiger partial charge in [-0.25, -0.2) is 19.9 Å². The van der Waals surface area contributed by atoms with Crippen LogP contribution in [0.15, 0.2) is 89.3 Å². The molecule has 0 amide bonds. The number of para-hydroxylation sites is 3. The first kappa shape index (κ1) is 39.1. The molecular formula is C42H46N10OS. The van der Waals surface area contributed by atoms with Crippen molar-refractivity contribution < 1.29 is 4.42 Å². The van der Waals surface area contributed by atoms with Crippen molar-refractivity contribution in [3.05, 3.63) is 119 Å². The molecule has 4 aromatic heterocycles. The van der Waals surface area contributed by atoms with Crippen molar-refractivity contribution in [3.8, 4) is 22.0 Å². The average molecular weight is 739 g/mol. The number of hydrogen-bond donors (Lipinski definition) is 2. The molecule has 11 nitrogen and oxygen atoms in total. The van der Waals surface area contributed by atoms with Crippen LogP contribution in [0.25, 0.3) is 43.3 Å². The molecule has 4 aromatic carbocycles. The fourth-order valence-corrected chi connectivity index (χ4v) is 6.54. The fourth-order valence-electron chi connectivity index (χ4n) is 5.49. The number of rotatable bonds is 6. The number of fused-ring (bicyclic) bond motifs is 2. The van der Waals surface area contributed by atoms with Crippen LogP contribution >= 0.6 is 11.3 Å². The van der Waals surface area contributed by atoms with E-state index in [1.807, 2.05) is 129 Å². The van der Waals surface area contributed by atoms with Crippen molar-refractivity contribution in [2.45, 2.75) is 69.2 Å². The van der Waals surface area contributed by atoms with E-state index in [-0.39, 0.29) is 0 Å². The molecule has 0 saturated heterocycles. The van der Waals surface area contributed by atoms with Gasteiger partial charge in [-0.3, -0.25) is 0 Å². The maximum atomic E-state index is 5.90. The second kappa shape index (κ2) is 18.1. The molecule has 0 aliphatic heterocycles. The van der Waals surface area contributed by atoms with E-state index in [0.29, 0.717) is 41.1 Å². The summed E-state index contributed by atoms with van der Waals surface area (Å²) in [5.74, 6) is 4.47.